The summed E-state index contributed by atoms with van der Waals surface area (Å²) in [4.78, 5) is 12.4. The molecule has 0 saturated carbocycles. The maximum absolute atomic E-state index is 12.4. The Bertz CT molecular complexity index is 750. The standard InChI is InChI=1S/C19H28N4OS/c1-4-6-9-15(5-2)12-20-17(24)13-23-18(21-22-19(23)25)16-10-7-8-14(3)11-16/h7-8,10-11,15H,4-6,9,12-13H2,1-3H3,(H,20,24)(H,22,25). The topological polar surface area (TPSA) is 62.7 Å². The van der Waals surface area contributed by atoms with Gasteiger partial charge in [-0.15, -0.1) is 0 Å². The number of benzene rings is 1. The summed E-state index contributed by atoms with van der Waals surface area (Å²) < 4.78 is 2.22. The van der Waals surface area contributed by atoms with Crippen LogP contribution in [0, 0.1) is 17.6 Å². The zero-order valence-corrected chi connectivity index (χ0v) is 16.2. The van der Waals surface area contributed by atoms with Crippen LogP contribution in [0.3, 0.4) is 0 Å². The van der Waals surface area contributed by atoms with Crippen LogP contribution >= 0.6 is 12.2 Å². The zero-order chi connectivity index (χ0) is 18.2. The van der Waals surface area contributed by atoms with Crippen LogP contribution < -0.4 is 5.32 Å². The van der Waals surface area contributed by atoms with E-state index in [9.17, 15) is 4.79 Å². The molecule has 1 amide bonds. The molecule has 0 bridgehead atoms. The molecule has 0 aliphatic carbocycles. The van der Waals surface area contributed by atoms with E-state index in [1.54, 1.807) is 4.57 Å². The summed E-state index contributed by atoms with van der Waals surface area (Å²) in [6.45, 7) is 7.30. The Balaban J connectivity index is 2.04. The van der Waals surface area contributed by atoms with Gasteiger partial charge in [0.1, 0.15) is 6.54 Å². The van der Waals surface area contributed by atoms with Crippen molar-refractivity contribution in [2.75, 3.05) is 6.54 Å². The molecule has 0 spiro atoms. The lowest BCUT2D eigenvalue weighted by Gasteiger charge is -2.15. The highest BCUT2D eigenvalue weighted by molar-refractivity contribution is 7.71. The van der Waals surface area contributed by atoms with Crippen LogP contribution in [0.25, 0.3) is 11.4 Å². The molecule has 1 aromatic carbocycles. The predicted molar refractivity (Wildman–Crippen MR) is 104 cm³/mol. The van der Waals surface area contributed by atoms with Gasteiger partial charge in [-0.3, -0.25) is 14.5 Å². The molecule has 5 nitrogen and oxygen atoms in total. The highest BCUT2D eigenvalue weighted by Gasteiger charge is 2.13. The molecule has 6 heteroatoms. The van der Waals surface area contributed by atoms with E-state index in [2.05, 4.69) is 29.4 Å². The van der Waals surface area contributed by atoms with Crippen LogP contribution in [-0.2, 0) is 11.3 Å². The minimum absolute atomic E-state index is 0.0265. The number of carbonyl (C=O) groups is 1. The second-order valence-electron chi connectivity index (χ2n) is 6.53. The van der Waals surface area contributed by atoms with E-state index in [0.717, 1.165) is 30.5 Å². The summed E-state index contributed by atoms with van der Waals surface area (Å²) >= 11 is 5.30. The van der Waals surface area contributed by atoms with Crippen LogP contribution in [0.1, 0.15) is 45.1 Å². The Morgan fingerprint density at radius 2 is 2.20 bits per heavy atom. The van der Waals surface area contributed by atoms with Gasteiger partial charge in [0.25, 0.3) is 0 Å². The lowest BCUT2D eigenvalue weighted by atomic mass is 9.99. The summed E-state index contributed by atoms with van der Waals surface area (Å²) in [6, 6.07) is 8.02. The van der Waals surface area contributed by atoms with Gasteiger partial charge in [0.05, 0.1) is 0 Å². The van der Waals surface area contributed by atoms with Gasteiger partial charge >= 0.3 is 0 Å². The molecule has 1 atom stereocenters. The summed E-state index contributed by atoms with van der Waals surface area (Å²) in [6.07, 6.45) is 4.64. The third kappa shape index (κ3) is 5.53. The first-order valence-electron chi connectivity index (χ1n) is 9.04. The molecule has 1 unspecified atom stereocenters. The Kier molecular flexibility index (Phi) is 7.37. The number of carbonyl (C=O) groups excluding carboxylic acids is 1. The summed E-state index contributed by atoms with van der Waals surface area (Å²) in [5.74, 6) is 1.21. The van der Waals surface area contributed by atoms with Crippen LogP contribution in [0.4, 0.5) is 0 Å². The molecule has 136 valence electrons. The number of amides is 1. The number of hydrogen-bond donors (Lipinski definition) is 2. The van der Waals surface area contributed by atoms with Crippen molar-refractivity contribution >= 4 is 18.1 Å². The lowest BCUT2D eigenvalue weighted by molar-refractivity contribution is -0.121. The van der Waals surface area contributed by atoms with E-state index in [-0.39, 0.29) is 12.5 Å². The van der Waals surface area contributed by atoms with Crippen LogP contribution in [0.15, 0.2) is 24.3 Å². The molecule has 0 aliphatic heterocycles. The van der Waals surface area contributed by atoms with Crippen molar-refractivity contribution < 1.29 is 4.79 Å². The van der Waals surface area contributed by atoms with Crippen molar-refractivity contribution in [3.8, 4) is 11.4 Å². The minimum atomic E-state index is -0.0265. The molecular formula is C19H28N4OS. The molecular weight excluding hydrogens is 332 g/mol. The molecule has 0 fully saturated rings. The predicted octanol–water partition coefficient (Wildman–Crippen LogP) is 4.25. The Labute approximate surface area is 154 Å². The number of rotatable bonds is 9. The van der Waals surface area contributed by atoms with Crippen molar-refractivity contribution in [3.05, 3.63) is 34.6 Å². The second kappa shape index (κ2) is 9.51. The smallest absolute Gasteiger partial charge is 0.240 e. The normalized spacial score (nSPS) is 12.1. The molecule has 1 heterocycles. The highest BCUT2D eigenvalue weighted by atomic mass is 32.1. The quantitative estimate of drug-likeness (QED) is 0.657. The fourth-order valence-corrected chi connectivity index (χ4v) is 3.07. The second-order valence-corrected chi connectivity index (χ2v) is 6.92. The average Bonchev–Trinajstić information content (AvgIpc) is 2.96. The van der Waals surface area contributed by atoms with Gasteiger partial charge in [-0.2, -0.15) is 5.10 Å². The van der Waals surface area contributed by atoms with Gasteiger partial charge in [-0.1, -0.05) is 56.9 Å². The number of unbranched alkanes of at least 4 members (excludes halogenated alkanes) is 1. The van der Waals surface area contributed by atoms with Crippen LogP contribution in [0.5, 0.6) is 0 Å². The van der Waals surface area contributed by atoms with E-state index in [1.165, 1.54) is 12.8 Å². The fourth-order valence-electron chi connectivity index (χ4n) is 2.87. The highest BCUT2D eigenvalue weighted by Crippen LogP contribution is 2.18. The van der Waals surface area contributed by atoms with Crippen LogP contribution in [-0.4, -0.2) is 27.2 Å². The number of H-pyrrole nitrogens is 1. The van der Waals surface area contributed by atoms with Crippen molar-refractivity contribution in [2.24, 2.45) is 5.92 Å². The number of aryl methyl sites for hydroxylation is 1. The van der Waals surface area contributed by atoms with Gasteiger partial charge in [-0.05, 0) is 37.5 Å². The van der Waals surface area contributed by atoms with Crippen molar-refractivity contribution in [3.63, 3.8) is 0 Å². The van der Waals surface area contributed by atoms with Crippen molar-refractivity contribution in [1.82, 2.24) is 20.1 Å². The molecule has 25 heavy (non-hydrogen) atoms. The van der Waals surface area contributed by atoms with E-state index in [1.807, 2.05) is 31.2 Å². The Morgan fingerprint density at radius 1 is 1.40 bits per heavy atom. The third-order valence-electron chi connectivity index (χ3n) is 4.47. The number of aromatic nitrogens is 3. The van der Waals surface area contributed by atoms with E-state index in [4.69, 9.17) is 12.2 Å². The molecule has 2 rings (SSSR count). The van der Waals surface area contributed by atoms with Gasteiger partial charge in [0.15, 0.2) is 10.6 Å². The first kappa shape index (κ1) is 19.4. The Hall–Kier alpha value is -1.95. The molecule has 0 radical (unpaired) electrons. The SMILES string of the molecule is CCCCC(CC)CNC(=O)Cn1c(-c2cccc(C)c2)n[nH]c1=S. The van der Waals surface area contributed by atoms with Gasteiger partial charge < -0.3 is 5.32 Å². The third-order valence-corrected chi connectivity index (χ3v) is 4.78. The maximum atomic E-state index is 12.4. The summed E-state index contributed by atoms with van der Waals surface area (Å²) in [5.41, 5.74) is 2.10. The molecule has 0 saturated heterocycles. The number of aromatic amines is 1. The summed E-state index contributed by atoms with van der Waals surface area (Å²) in [7, 11) is 0. The van der Waals surface area contributed by atoms with Crippen LogP contribution in [0.2, 0.25) is 0 Å². The largest absolute Gasteiger partial charge is 0.354 e. The van der Waals surface area contributed by atoms with E-state index in [0.29, 0.717) is 16.5 Å². The number of nitrogens with zero attached hydrogens (tertiary/aromatic N) is 2. The van der Waals surface area contributed by atoms with Crippen molar-refractivity contribution in [1.29, 1.82) is 0 Å². The first-order chi connectivity index (χ1) is 12.0. The maximum Gasteiger partial charge on any atom is 0.240 e. The number of nitrogens with one attached hydrogen (secondary N) is 2. The minimum Gasteiger partial charge on any atom is -0.354 e. The average molecular weight is 361 g/mol. The van der Waals surface area contributed by atoms with E-state index >= 15 is 0 Å². The molecule has 2 N–H and O–H groups in total. The monoisotopic (exact) mass is 360 g/mol. The van der Waals surface area contributed by atoms with E-state index < -0.39 is 0 Å². The summed E-state index contributed by atoms with van der Waals surface area (Å²) in [5, 5.41) is 10.1. The van der Waals surface area contributed by atoms with Gasteiger partial charge in [0.2, 0.25) is 5.91 Å². The molecule has 2 aromatic rings. The number of hydrogen-bond acceptors (Lipinski definition) is 3. The van der Waals surface area contributed by atoms with Gasteiger partial charge in [-0.25, -0.2) is 0 Å². The Morgan fingerprint density at radius 3 is 2.88 bits per heavy atom. The molecule has 1 aromatic heterocycles. The van der Waals surface area contributed by atoms with Gasteiger partial charge in [0, 0.05) is 12.1 Å². The first-order valence-corrected chi connectivity index (χ1v) is 9.44. The fraction of sp³-hybridized carbons (Fsp3) is 0.526. The lowest BCUT2D eigenvalue weighted by Crippen LogP contribution is -2.32. The van der Waals surface area contributed by atoms with Crippen molar-refractivity contribution in [2.45, 2.75) is 53.0 Å². The molecule has 0 aliphatic rings. The zero-order valence-electron chi connectivity index (χ0n) is 15.3.